The molecule has 5 aromatic rings. The van der Waals surface area contributed by atoms with E-state index >= 15 is 0 Å². The van der Waals surface area contributed by atoms with Crippen LogP contribution in [0.1, 0.15) is 23.1 Å². The molecule has 3 N–H and O–H groups in total. The minimum Gasteiger partial charge on any atom is -0.457 e. The van der Waals surface area contributed by atoms with Crippen LogP contribution >= 0.6 is 0 Å². The van der Waals surface area contributed by atoms with Crippen LogP contribution in [0.2, 0.25) is 0 Å². The standard InChI is InChI=1S/C28H24FN7O3/c1-3-18-14-26(36(35-18)19-6-8-23-17(13-19)5-4-11-31-23)34-28(38)33-24-9-7-20(15-22(24)29)39-21-10-12-32-25(16-21)27(37)30-2/h4-16H,3H2,1-2H3,(H,30,37)(H2,33,34,38). The van der Waals surface area contributed by atoms with Crippen LogP contribution in [0.5, 0.6) is 11.5 Å². The number of hydrogen-bond acceptors (Lipinski definition) is 6. The first-order valence-electron chi connectivity index (χ1n) is 12.1. The summed E-state index contributed by atoms with van der Waals surface area (Å²) in [6.45, 7) is 1.96. The molecule has 0 aliphatic heterocycles. The maximum absolute atomic E-state index is 14.8. The highest BCUT2D eigenvalue weighted by molar-refractivity contribution is 5.99. The molecule has 0 atom stereocenters. The molecule has 0 radical (unpaired) electrons. The van der Waals surface area contributed by atoms with Gasteiger partial charge in [-0.2, -0.15) is 5.10 Å². The zero-order chi connectivity index (χ0) is 27.4. The number of benzene rings is 2. The summed E-state index contributed by atoms with van der Waals surface area (Å²) in [6.07, 6.45) is 3.80. The van der Waals surface area contributed by atoms with Crippen molar-refractivity contribution in [1.82, 2.24) is 25.1 Å². The first kappa shape index (κ1) is 25.3. The summed E-state index contributed by atoms with van der Waals surface area (Å²) in [5.74, 6) is -0.150. The number of halogens is 1. The predicted molar refractivity (Wildman–Crippen MR) is 145 cm³/mol. The minimum absolute atomic E-state index is 0.0424. The van der Waals surface area contributed by atoms with Crippen LogP contribution in [0.15, 0.2) is 79.1 Å². The van der Waals surface area contributed by atoms with E-state index in [0.717, 1.165) is 28.4 Å². The van der Waals surface area contributed by atoms with Gasteiger partial charge in [0.05, 0.1) is 22.6 Å². The Kier molecular flexibility index (Phi) is 7.13. The number of carbonyl (C=O) groups excluding carboxylic acids is 2. The number of rotatable bonds is 7. The van der Waals surface area contributed by atoms with Gasteiger partial charge in [0.15, 0.2) is 0 Å². The second kappa shape index (κ2) is 11.0. The second-order valence-electron chi connectivity index (χ2n) is 8.45. The number of anilines is 2. The summed E-state index contributed by atoms with van der Waals surface area (Å²) in [4.78, 5) is 32.9. The third kappa shape index (κ3) is 5.67. The van der Waals surface area contributed by atoms with Gasteiger partial charge in [0.25, 0.3) is 5.91 Å². The molecule has 0 bridgehead atoms. The average Bonchev–Trinajstić information content (AvgIpc) is 3.36. The summed E-state index contributed by atoms with van der Waals surface area (Å²) in [5.41, 5.74) is 2.49. The van der Waals surface area contributed by atoms with Gasteiger partial charge < -0.3 is 15.4 Å². The number of carbonyl (C=O) groups is 2. The van der Waals surface area contributed by atoms with E-state index in [9.17, 15) is 14.0 Å². The molecule has 10 nitrogen and oxygen atoms in total. The van der Waals surface area contributed by atoms with E-state index in [1.165, 1.54) is 31.4 Å². The molecular formula is C28H24FN7O3. The monoisotopic (exact) mass is 525 g/mol. The average molecular weight is 526 g/mol. The van der Waals surface area contributed by atoms with Gasteiger partial charge in [-0.1, -0.05) is 13.0 Å². The Balaban J connectivity index is 1.31. The SMILES string of the molecule is CCc1cc(NC(=O)Nc2ccc(Oc3ccnc(C(=O)NC)c3)cc2F)n(-c2ccc3ncccc3c2)n1. The summed E-state index contributed by atoms with van der Waals surface area (Å²) in [7, 11) is 1.49. The number of ether oxygens (including phenoxy) is 1. The highest BCUT2D eigenvalue weighted by Crippen LogP contribution is 2.27. The highest BCUT2D eigenvalue weighted by atomic mass is 19.1. The molecule has 3 aromatic heterocycles. The molecule has 39 heavy (non-hydrogen) atoms. The fourth-order valence-corrected chi connectivity index (χ4v) is 3.88. The van der Waals surface area contributed by atoms with Gasteiger partial charge in [0, 0.05) is 43.0 Å². The highest BCUT2D eigenvalue weighted by Gasteiger charge is 2.15. The topological polar surface area (TPSA) is 123 Å². The molecule has 0 aliphatic rings. The van der Waals surface area contributed by atoms with Crippen molar-refractivity contribution < 1.29 is 18.7 Å². The molecular weight excluding hydrogens is 501 g/mol. The summed E-state index contributed by atoms with van der Waals surface area (Å²) >= 11 is 0. The Morgan fingerprint density at radius 3 is 2.59 bits per heavy atom. The van der Waals surface area contributed by atoms with Crippen molar-refractivity contribution in [2.24, 2.45) is 0 Å². The van der Waals surface area contributed by atoms with Gasteiger partial charge in [0.1, 0.15) is 28.8 Å². The zero-order valence-corrected chi connectivity index (χ0v) is 21.1. The Bertz CT molecular complexity index is 1690. The molecule has 0 aliphatic carbocycles. The Morgan fingerprint density at radius 1 is 0.949 bits per heavy atom. The molecule has 0 saturated heterocycles. The number of aromatic nitrogens is 4. The lowest BCUT2D eigenvalue weighted by molar-refractivity contribution is 0.0957. The fourth-order valence-electron chi connectivity index (χ4n) is 3.88. The molecule has 11 heteroatoms. The number of amides is 3. The van der Waals surface area contributed by atoms with E-state index in [2.05, 4.69) is 31.0 Å². The quantitative estimate of drug-likeness (QED) is 0.265. The van der Waals surface area contributed by atoms with Crippen molar-refractivity contribution in [3.63, 3.8) is 0 Å². The van der Waals surface area contributed by atoms with Gasteiger partial charge in [-0.25, -0.2) is 13.9 Å². The largest absolute Gasteiger partial charge is 0.457 e. The number of pyridine rings is 2. The maximum Gasteiger partial charge on any atom is 0.324 e. The maximum atomic E-state index is 14.8. The van der Waals surface area contributed by atoms with Gasteiger partial charge >= 0.3 is 6.03 Å². The normalized spacial score (nSPS) is 10.7. The van der Waals surface area contributed by atoms with Crippen molar-refractivity contribution in [2.45, 2.75) is 13.3 Å². The lowest BCUT2D eigenvalue weighted by Crippen LogP contribution is -2.22. The molecule has 5 rings (SSSR count). The van der Waals surface area contributed by atoms with E-state index < -0.39 is 11.8 Å². The van der Waals surface area contributed by atoms with Crippen LogP contribution in [0.3, 0.4) is 0 Å². The van der Waals surface area contributed by atoms with Gasteiger partial charge in [-0.15, -0.1) is 0 Å². The van der Waals surface area contributed by atoms with Gasteiger partial charge in [-0.3, -0.25) is 20.1 Å². The summed E-state index contributed by atoms with van der Waals surface area (Å²) in [5, 5.41) is 13.3. The van der Waals surface area contributed by atoms with Gasteiger partial charge in [0.2, 0.25) is 0 Å². The smallest absolute Gasteiger partial charge is 0.324 e. The van der Waals surface area contributed by atoms with E-state index in [1.807, 2.05) is 37.3 Å². The number of nitrogens with zero attached hydrogens (tertiary/aromatic N) is 4. The van der Waals surface area contributed by atoms with Crippen molar-refractivity contribution in [1.29, 1.82) is 0 Å². The number of fused-ring (bicyclic) bond motifs is 1. The number of urea groups is 1. The Labute approximate surface area is 222 Å². The van der Waals surface area contributed by atoms with E-state index in [-0.39, 0.29) is 23.0 Å². The van der Waals surface area contributed by atoms with Crippen LogP contribution < -0.4 is 20.7 Å². The van der Waals surface area contributed by atoms with Gasteiger partial charge in [-0.05, 0) is 48.9 Å². The van der Waals surface area contributed by atoms with E-state index in [4.69, 9.17) is 4.74 Å². The molecule has 3 heterocycles. The van der Waals surface area contributed by atoms with Crippen LogP contribution in [0, 0.1) is 5.82 Å². The fraction of sp³-hybridized carbons (Fsp3) is 0.107. The van der Waals surface area contributed by atoms with Crippen molar-refractivity contribution in [3.05, 3.63) is 96.3 Å². The lowest BCUT2D eigenvalue weighted by Gasteiger charge is -2.12. The minimum atomic E-state index is -0.701. The third-order valence-electron chi connectivity index (χ3n) is 5.81. The number of nitrogens with one attached hydrogen (secondary N) is 3. The number of aryl methyl sites for hydroxylation is 1. The van der Waals surface area contributed by atoms with Crippen LogP contribution in [-0.4, -0.2) is 38.7 Å². The molecule has 3 amide bonds. The molecule has 0 spiro atoms. The Hall–Kier alpha value is -5.32. The first-order valence-corrected chi connectivity index (χ1v) is 12.1. The predicted octanol–water partition coefficient (Wildman–Crippen LogP) is 5.31. The van der Waals surface area contributed by atoms with Crippen LogP contribution in [0.25, 0.3) is 16.6 Å². The zero-order valence-electron chi connectivity index (χ0n) is 21.1. The Morgan fingerprint density at radius 2 is 1.79 bits per heavy atom. The summed E-state index contributed by atoms with van der Waals surface area (Å²) in [6, 6.07) is 17.6. The first-order chi connectivity index (χ1) is 18.9. The second-order valence-corrected chi connectivity index (χ2v) is 8.45. The van der Waals surface area contributed by atoms with E-state index in [0.29, 0.717) is 18.0 Å². The third-order valence-corrected chi connectivity index (χ3v) is 5.81. The molecule has 0 unspecified atom stereocenters. The lowest BCUT2D eigenvalue weighted by atomic mass is 10.2. The van der Waals surface area contributed by atoms with Crippen molar-refractivity contribution in [3.8, 4) is 17.2 Å². The molecule has 0 saturated carbocycles. The molecule has 196 valence electrons. The van der Waals surface area contributed by atoms with E-state index in [1.54, 1.807) is 23.0 Å². The van der Waals surface area contributed by atoms with Crippen molar-refractivity contribution in [2.75, 3.05) is 17.7 Å². The molecule has 0 fully saturated rings. The van der Waals surface area contributed by atoms with Crippen LogP contribution in [-0.2, 0) is 6.42 Å². The van der Waals surface area contributed by atoms with Crippen LogP contribution in [0.4, 0.5) is 20.7 Å². The summed E-state index contributed by atoms with van der Waals surface area (Å²) < 4.78 is 22.1. The van der Waals surface area contributed by atoms with Crippen molar-refractivity contribution >= 4 is 34.3 Å². The number of hydrogen-bond donors (Lipinski definition) is 3. The molecule has 2 aromatic carbocycles.